The maximum atomic E-state index is 12.6. The van der Waals surface area contributed by atoms with Gasteiger partial charge in [0.05, 0.1) is 13.2 Å². The van der Waals surface area contributed by atoms with Crippen LogP contribution < -0.4 is 0 Å². The highest BCUT2D eigenvalue weighted by Crippen LogP contribution is 2.39. The number of hydrogen-bond acceptors (Lipinski definition) is 8. The van der Waals surface area contributed by atoms with Crippen LogP contribution in [0.2, 0.25) is 0 Å². The zero-order chi connectivity index (χ0) is 20.1. The van der Waals surface area contributed by atoms with Crippen molar-refractivity contribution in [1.29, 1.82) is 0 Å². The average Bonchev–Trinajstić information content (AvgIpc) is 2.65. The van der Waals surface area contributed by atoms with Crippen molar-refractivity contribution in [2.24, 2.45) is 0 Å². The fourth-order valence-electron chi connectivity index (χ4n) is 2.83. The summed E-state index contributed by atoms with van der Waals surface area (Å²) in [6.45, 7) is 7.35. The van der Waals surface area contributed by atoms with Crippen LogP contribution in [0.5, 0.6) is 0 Å². The van der Waals surface area contributed by atoms with Gasteiger partial charge >= 0.3 is 11.9 Å². The van der Waals surface area contributed by atoms with Crippen molar-refractivity contribution >= 4 is 11.9 Å². The molecule has 8 heteroatoms. The van der Waals surface area contributed by atoms with Gasteiger partial charge in [0.15, 0.2) is 12.2 Å². The van der Waals surface area contributed by atoms with Gasteiger partial charge in [-0.15, -0.1) is 0 Å². The molecule has 2 aliphatic rings. The maximum Gasteiger partial charge on any atom is 0.338 e. The summed E-state index contributed by atoms with van der Waals surface area (Å²) in [4.78, 5) is 25.1. The van der Waals surface area contributed by atoms with Crippen molar-refractivity contribution in [3.8, 4) is 0 Å². The molecule has 0 aromatic heterocycles. The van der Waals surface area contributed by atoms with Crippen LogP contribution in [0.1, 0.15) is 33.1 Å². The maximum absolute atomic E-state index is 12.6. The smallest absolute Gasteiger partial charge is 0.338 e. The minimum atomic E-state index is -1.44. The van der Waals surface area contributed by atoms with Crippen LogP contribution >= 0.6 is 0 Å². The van der Waals surface area contributed by atoms with Gasteiger partial charge in [0.2, 0.25) is 11.6 Å². The summed E-state index contributed by atoms with van der Waals surface area (Å²) >= 11 is 0. The first-order valence-electron chi connectivity index (χ1n) is 8.90. The first-order valence-corrected chi connectivity index (χ1v) is 8.90. The lowest BCUT2D eigenvalue weighted by Gasteiger charge is -2.50. The third kappa shape index (κ3) is 4.76. The van der Waals surface area contributed by atoms with Crippen LogP contribution in [-0.2, 0) is 38.0 Å². The third-order valence-electron chi connectivity index (χ3n) is 4.82. The number of allylic oxidation sites excluding steroid dienone is 2. The standard InChI is InChI=1S/C19H28O8/c1-13-9-6-7-11-24-16(20)14-15(17(21)25-12-8-10-13)27-19(3,23-5)18(2,22-4)26-14/h6,9,14-15H,1,7-8,10-12H2,2-5H3/b9-6-/t14-,15-,18-,19-/m1/s1. The lowest BCUT2D eigenvalue weighted by molar-refractivity contribution is -0.439. The van der Waals surface area contributed by atoms with Crippen molar-refractivity contribution in [1.82, 2.24) is 0 Å². The number of hydrogen-bond donors (Lipinski definition) is 0. The summed E-state index contributed by atoms with van der Waals surface area (Å²) in [5, 5.41) is 0. The van der Waals surface area contributed by atoms with Crippen LogP contribution in [0.4, 0.5) is 0 Å². The molecule has 2 heterocycles. The first kappa shape index (κ1) is 21.6. The number of carbonyl (C=O) groups is 2. The van der Waals surface area contributed by atoms with E-state index in [0.717, 1.165) is 5.57 Å². The van der Waals surface area contributed by atoms with Crippen molar-refractivity contribution in [2.75, 3.05) is 27.4 Å². The van der Waals surface area contributed by atoms with Crippen LogP contribution in [0, 0.1) is 0 Å². The Morgan fingerprint density at radius 3 is 2.04 bits per heavy atom. The van der Waals surface area contributed by atoms with Gasteiger partial charge in [-0.3, -0.25) is 0 Å². The molecule has 0 bridgehead atoms. The van der Waals surface area contributed by atoms with E-state index >= 15 is 0 Å². The van der Waals surface area contributed by atoms with E-state index in [1.807, 2.05) is 12.2 Å². The predicted molar refractivity (Wildman–Crippen MR) is 94.6 cm³/mol. The Kier molecular flexibility index (Phi) is 7.16. The number of esters is 2. The molecule has 0 N–H and O–H groups in total. The van der Waals surface area contributed by atoms with Gasteiger partial charge in [-0.25, -0.2) is 9.59 Å². The lowest BCUT2D eigenvalue weighted by atomic mass is 10.0. The Balaban J connectivity index is 2.27. The molecule has 27 heavy (non-hydrogen) atoms. The second kappa shape index (κ2) is 8.97. The second-order valence-electron chi connectivity index (χ2n) is 6.66. The topological polar surface area (TPSA) is 89.5 Å². The number of carbonyl (C=O) groups excluding carboxylic acids is 2. The number of methoxy groups -OCH3 is 2. The van der Waals surface area contributed by atoms with Crippen molar-refractivity contribution in [2.45, 2.75) is 56.9 Å². The third-order valence-corrected chi connectivity index (χ3v) is 4.82. The lowest BCUT2D eigenvalue weighted by Crippen LogP contribution is -2.68. The summed E-state index contributed by atoms with van der Waals surface area (Å²) in [7, 11) is 2.79. The monoisotopic (exact) mass is 384 g/mol. The molecular weight excluding hydrogens is 356 g/mol. The molecule has 0 aliphatic carbocycles. The van der Waals surface area contributed by atoms with E-state index in [1.54, 1.807) is 13.8 Å². The van der Waals surface area contributed by atoms with Crippen molar-refractivity contribution in [3.05, 3.63) is 24.3 Å². The van der Waals surface area contributed by atoms with E-state index in [1.165, 1.54) is 14.2 Å². The summed E-state index contributed by atoms with van der Waals surface area (Å²) in [5.74, 6) is -4.34. The SMILES string of the molecule is C=C1/C=C\CCOC(=O)[C@@H]2O[C@@](C)(OC)[C@](C)(OC)O[C@H]2C(=O)OCCC1. The minimum Gasteiger partial charge on any atom is -0.464 e. The molecule has 1 fully saturated rings. The number of fused-ring (bicyclic) bond motifs is 1. The van der Waals surface area contributed by atoms with Gasteiger partial charge < -0.3 is 28.4 Å². The Bertz CT molecular complexity index is 601. The molecule has 0 aromatic rings. The summed E-state index contributed by atoms with van der Waals surface area (Å²) < 4.78 is 32.9. The van der Waals surface area contributed by atoms with Gasteiger partial charge in [-0.2, -0.15) is 0 Å². The minimum absolute atomic E-state index is 0.134. The Hall–Kier alpha value is -1.74. The highest BCUT2D eigenvalue weighted by atomic mass is 16.8. The normalized spacial score (nSPS) is 37.6. The summed E-state index contributed by atoms with van der Waals surface area (Å²) in [6.07, 6.45) is 2.88. The molecule has 2 rings (SSSR count). The molecule has 152 valence electrons. The van der Waals surface area contributed by atoms with Crippen LogP contribution in [0.15, 0.2) is 24.3 Å². The van der Waals surface area contributed by atoms with E-state index in [0.29, 0.717) is 19.3 Å². The Morgan fingerprint density at radius 1 is 1.00 bits per heavy atom. The Morgan fingerprint density at radius 2 is 1.52 bits per heavy atom. The van der Waals surface area contributed by atoms with E-state index in [9.17, 15) is 9.59 Å². The molecule has 1 saturated heterocycles. The molecule has 4 atom stereocenters. The highest BCUT2D eigenvalue weighted by Gasteiger charge is 2.60. The van der Waals surface area contributed by atoms with E-state index in [4.69, 9.17) is 28.4 Å². The van der Waals surface area contributed by atoms with Crippen molar-refractivity contribution in [3.63, 3.8) is 0 Å². The number of cyclic esters (lactones) is 2. The van der Waals surface area contributed by atoms with E-state index in [2.05, 4.69) is 6.58 Å². The van der Waals surface area contributed by atoms with Gasteiger partial charge in [0, 0.05) is 14.2 Å². The van der Waals surface area contributed by atoms with Crippen LogP contribution in [0.3, 0.4) is 0 Å². The second-order valence-corrected chi connectivity index (χ2v) is 6.66. The average molecular weight is 384 g/mol. The van der Waals surface area contributed by atoms with Gasteiger partial charge in [-0.1, -0.05) is 24.3 Å². The predicted octanol–water partition coefficient (Wildman–Crippen LogP) is 1.88. The molecular formula is C19H28O8. The van der Waals surface area contributed by atoms with E-state index < -0.39 is 35.7 Å². The Labute approximate surface area is 159 Å². The largest absolute Gasteiger partial charge is 0.464 e. The fraction of sp³-hybridized carbons (Fsp3) is 0.684. The highest BCUT2D eigenvalue weighted by molar-refractivity contribution is 5.86. The molecule has 0 saturated carbocycles. The molecule has 8 nitrogen and oxygen atoms in total. The van der Waals surface area contributed by atoms with E-state index in [-0.39, 0.29) is 13.2 Å². The molecule has 2 aliphatic heterocycles. The summed E-state index contributed by atoms with van der Waals surface area (Å²) in [5.41, 5.74) is 0.910. The fourth-order valence-corrected chi connectivity index (χ4v) is 2.83. The quantitative estimate of drug-likeness (QED) is 0.667. The zero-order valence-corrected chi connectivity index (χ0v) is 16.3. The van der Waals surface area contributed by atoms with Crippen molar-refractivity contribution < 1.29 is 38.0 Å². The van der Waals surface area contributed by atoms with Crippen LogP contribution in [-0.4, -0.2) is 63.2 Å². The molecule has 0 aromatic carbocycles. The summed E-state index contributed by atoms with van der Waals surface area (Å²) in [6, 6.07) is 0. The first-order chi connectivity index (χ1) is 12.8. The van der Waals surface area contributed by atoms with Crippen LogP contribution in [0.25, 0.3) is 0 Å². The molecule has 0 radical (unpaired) electrons. The van der Waals surface area contributed by atoms with Gasteiger partial charge in [0.1, 0.15) is 0 Å². The molecule has 0 unspecified atom stereocenters. The number of rotatable bonds is 2. The zero-order valence-electron chi connectivity index (χ0n) is 16.3. The number of ether oxygens (including phenoxy) is 6. The molecule has 0 spiro atoms. The molecule has 0 amide bonds. The van der Waals surface area contributed by atoms with Gasteiger partial charge in [-0.05, 0) is 33.1 Å². The van der Waals surface area contributed by atoms with Gasteiger partial charge in [0.25, 0.3) is 0 Å².